The van der Waals surface area contributed by atoms with Crippen molar-refractivity contribution in [3.8, 4) is 5.75 Å². The number of benzene rings is 2. The number of nitrogens with two attached hydrogens (primary N) is 1. The fourth-order valence-corrected chi connectivity index (χ4v) is 4.17. The standard InChI is InChI=1S/C23H25N3O2.2ClH/c1-15-10-20(19-11-18(28-2)8-9-22(19)25-15)23(27)26-13-17(12-24)21(14-26)16-6-4-3-5-7-16;;/h3-11,17,21H,12-14,24H2,1-2H3;2*1H/t17-,21+;;/m1../s1. The lowest BCUT2D eigenvalue weighted by atomic mass is 9.89. The zero-order valence-electron chi connectivity index (χ0n) is 17.1. The van der Waals surface area contributed by atoms with Crippen molar-refractivity contribution in [1.82, 2.24) is 9.88 Å². The Morgan fingerprint density at radius 1 is 1.13 bits per heavy atom. The summed E-state index contributed by atoms with van der Waals surface area (Å²) in [5.74, 6) is 1.27. The molecule has 1 fully saturated rings. The van der Waals surface area contributed by atoms with E-state index in [4.69, 9.17) is 10.5 Å². The number of carbonyl (C=O) groups excluding carboxylic acids is 1. The van der Waals surface area contributed by atoms with Gasteiger partial charge in [-0.2, -0.15) is 0 Å². The Labute approximate surface area is 189 Å². The molecule has 30 heavy (non-hydrogen) atoms. The number of nitrogens with zero attached hydrogens (tertiary/aromatic N) is 2. The third kappa shape index (κ3) is 4.53. The highest BCUT2D eigenvalue weighted by molar-refractivity contribution is 6.06. The molecular weight excluding hydrogens is 421 g/mol. The smallest absolute Gasteiger partial charge is 0.254 e. The highest BCUT2D eigenvalue weighted by Gasteiger charge is 2.36. The summed E-state index contributed by atoms with van der Waals surface area (Å²) >= 11 is 0. The van der Waals surface area contributed by atoms with Gasteiger partial charge >= 0.3 is 0 Å². The number of rotatable bonds is 4. The van der Waals surface area contributed by atoms with Gasteiger partial charge in [0.25, 0.3) is 5.91 Å². The maximum Gasteiger partial charge on any atom is 0.254 e. The van der Waals surface area contributed by atoms with E-state index in [0.717, 1.165) is 22.3 Å². The number of aryl methyl sites for hydroxylation is 1. The van der Waals surface area contributed by atoms with Gasteiger partial charge in [-0.05, 0) is 49.2 Å². The molecule has 0 saturated carbocycles. The molecule has 2 N–H and O–H groups in total. The first-order valence-corrected chi connectivity index (χ1v) is 9.60. The molecule has 1 amide bonds. The lowest BCUT2D eigenvalue weighted by Crippen LogP contribution is -2.30. The summed E-state index contributed by atoms with van der Waals surface area (Å²) in [5, 5.41) is 0.822. The number of carbonyl (C=O) groups is 1. The summed E-state index contributed by atoms with van der Waals surface area (Å²) in [7, 11) is 1.63. The minimum absolute atomic E-state index is 0. The summed E-state index contributed by atoms with van der Waals surface area (Å²) < 4.78 is 5.35. The van der Waals surface area contributed by atoms with Gasteiger partial charge in [-0.25, -0.2) is 0 Å². The molecule has 4 rings (SSSR count). The van der Waals surface area contributed by atoms with E-state index in [0.29, 0.717) is 25.2 Å². The number of hydrogen-bond donors (Lipinski definition) is 1. The van der Waals surface area contributed by atoms with Gasteiger partial charge in [0.2, 0.25) is 0 Å². The van der Waals surface area contributed by atoms with Gasteiger partial charge in [-0.3, -0.25) is 9.78 Å². The van der Waals surface area contributed by atoms with Crippen LogP contribution in [0.3, 0.4) is 0 Å². The van der Waals surface area contributed by atoms with E-state index < -0.39 is 0 Å². The highest BCUT2D eigenvalue weighted by atomic mass is 35.5. The maximum atomic E-state index is 13.5. The summed E-state index contributed by atoms with van der Waals surface area (Å²) in [6.07, 6.45) is 0. The first kappa shape index (κ1) is 23.9. The van der Waals surface area contributed by atoms with Crippen molar-refractivity contribution in [2.24, 2.45) is 11.7 Å². The predicted molar refractivity (Wildman–Crippen MR) is 125 cm³/mol. The molecule has 7 heteroatoms. The second kappa shape index (κ2) is 10.1. The molecule has 1 aromatic heterocycles. The summed E-state index contributed by atoms with van der Waals surface area (Å²) in [5.41, 5.74) is 9.60. The normalized spacial score (nSPS) is 17.9. The van der Waals surface area contributed by atoms with Crippen molar-refractivity contribution < 1.29 is 9.53 Å². The van der Waals surface area contributed by atoms with Gasteiger partial charge in [0, 0.05) is 30.1 Å². The van der Waals surface area contributed by atoms with Gasteiger partial charge in [0.15, 0.2) is 0 Å². The zero-order chi connectivity index (χ0) is 19.7. The minimum atomic E-state index is 0. The average molecular weight is 448 g/mol. The first-order valence-electron chi connectivity index (χ1n) is 9.60. The Balaban J connectivity index is 0.00000160. The Kier molecular flexibility index (Phi) is 8.07. The number of pyridine rings is 1. The first-order chi connectivity index (χ1) is 13.6. The predicted octanol–water partition coefficient (Wildman–Crippen LogP) is 4.21. The van der Waals surface area contributed by atoms with E-state index in [1.54, 1.807) is 7.11 Å². The van der Waals surface area contributed by atoms with Crippen LogP contribution in [0, 0.1) is 12.8 Å². The number of methoxy groups -OCH3 is 1. The van der Waals surface area contributed by atoms with E-state index >= 15 is 0 Å². The monoisotopic (exact) mass is 447 g/mol. The van der Waals surface area contributed by atoms with Gasteiger partial charge in [0.1, 0.15) is 5.75 Å². The second-order valence-electron chi connectivity index (χ2n) is 7.42. The van der Waals surface area contributed by atoms with Crippen molar-refractivity contribution in [2.75, 3.05) is 26.7 Å². The Bertz CT molecular complexity index is 1010. The molecule has 1 saturated heterocycles. The van der Waals surface area contributed by atoms with Gasteiger partial charge in [0.05, 0.1) is 18.2 Å². The number of fused-ring (bicyclic) bond motifs is 1. The summed E-state index contributed by atoms with van der Waals surface area (Å²) in [4.78, 5) is 20.0. The number of likely N-dealkylation sites (tertiary alicyclic amines) is 1. The molecule has 3 aromatic rings. The Hall–Kier alpha value is -2.34. The Morgan fingerprint density at radius 3 is 2.53 bits per heavy atom. The zero-order valence-corrected chi connectivity index (χ0v) is 18.7. The lowest BCUT2D eigenvalue weighted by Gasteiger charge is -2.18. The second-order valence-corrected chi connectivity index (χ2v) is 7.42. The van der Waals surface area contributed by atoms with Gasteiger partial charge in [-0.1, -0.05) is 30.3 Å². The van der Waals surface area contributed by atoms with Crippen LogP contribution in [0.5, 0.6) is 5.75 Å². The molecule has 2 atom stereocenters. The van der Waals surface area contributed by atoms with Crippen LogP contribution in [-0.2, 0) is 0 Å². The fraction of sp³-hybridized carbons (Fsp3) is 0.304. The molecule has 160 valence electrons. The summed E-state index contributed by atoms with van der Waals surface area (Å²) in [6, 6.07) is 17.9. The minimum Gasteiger partial charge on any atom is -0.497 e. The molecule has 0 unspecified atom stereocenters. The maximum absolute atomic E-state index is 13.5. The van der Waals surface area contributed by atoms with E-state index in [9.17, 15) is 4.79 Å². The lowest BCUT2D eigenvalue weighted by molar-refractivity contribution is 0.0788. The van der Waals surface area contributed by atoms with Crippen LogP contribution in [-0.4, -0.2) is 42.5 Å². The molecule has 0 bridgehead atoms. The van der Waals surface area contributed by atoms with Crippen molar-refractivity contribution >= 4 is 41.6 Å². The largest absolute Gasteiger partial charge is 0.497 e. The van der Waals surface area contributed by atoms with Crippen LogP contribution in [0.1, 0.15) is 27.5 Å². The van der Waals surface area contributed by atoms with Crippen LogP contribution in [0.4, 0.5) is 0 Å². The number of ether oxygens (including phenoxy) is 1. The van der Waals surface area contributed by atoms with Crippen molar-refractivity contribution in [3.05, 3.63) is 71.4 Å². The molecule has 2 aromatic carbocycles. The molecular formula is C23H27Cl2N3O2. The van der Waals surface area contributed by atoms with Crippen molar-refractivity contribution in [1.29, 1.82) is 0 Å². The van der Waals surface area contributed by atoms with E-state index in [1.165, 1.54) is 5.56 Å². The van der Waals surface area contributed by atoms with E-state index in [1.807, 2.05) is 54.3 Å². The third-order valence-electron chi connectivity index (χ3n) is 5.63. The van der Waals surface area contributed by atoms with Crippen molar-refractivity contribution in [3.63, 3.8) is 0 Å². The average Bonchev–Trinajstić information content (AvgIpc) is 3.17. The molecule has 0 radical (unpaired) electrons. The number of halogens is 2. The Morgan fingerprint density at radius 2 is 1.87 bits per heavy atom. The molecule has 0 spiro atoms. The number of aromatic nitrogens is 1. The quantitative estimate of drug-likeness (QED) is 0.650. The van der Waals surface area contributed by atoms with E-state index in [-0.39, 0.29) is 42.6 Å². The van der Waals surface area contributed by atoms with Crippen molar-refractivity contribution in [2.45, 2.75) is 12.8 Å². The van der Waals surface area contributed by atoms with Crippen LogP contribution in [0.15, 0.2) is 54.6 Å². The fourth-order valence-electron chi connectivity index (χ4n) is 4.17. The van der Waals surface area contributed by atoms with Gasteiger partial charge < -0.3 is 15.4 Å². The van der Waals surface area contributed by atoms with Crippen LogP contribution in [0.25, 0.3) is 10.9 Å². The van der Waals surface area contributed by atoms with E-state index in [2.05, 4.69) is 17.1 Å². The van der Waals surface area contributed by atoms with Gasteiger partial charge in [-0.15, -0.1) is 24.8 Å². The number of hydrogen-bond acceptors (Lipinski definition) is 4. The number of amides is 1. The molecule has 1 aliphatic heterocycles. The molecule has 0 aliphatic carbocycles. The van der Waals surface area contributed by atoms with Crippen LogP contribution >= 0.6 is 24.8 Å². The summed E-state index contributed by atoms with van der Waals surface area (Å²) in [6.45, 7) is 3.83. The molecule has 2 heterocycles. The third-order valence-corrected chi connectivity index (χ3v) is 5.63. The topological polar surface area (TPSA) is 68.5 Å². The SMILES string of the molecule is COc1ccc2nc(C)cc(C(=O)N3C[C@@H](CN)[C@H](c4ccccc4)C3)c2c1.Cl.Cl. The van der Waals surface area contributed by atoms with Crippen LogP contribution in [0.2, 0.25) is 0 Å². The highest BCUT2D eigenvalue weighted by Crippen LogP contribution is 2.34. The molecule has 5 nitrogen and oxygen atoms in total. The molecule has 1 aliphatic rings. The van der Waals surface area contributed by atoms with Crippen LogP contribution < -0.4 is 10.5 Å².